The Morgan fingerprint density at radius 3 is 2.44 bits per heavy atom. The molecule has 1 aliphatic rings. The van der Waals surface area contributed by atoms with E-state index in [1.807, 2.05) is 27.7 Å². The fourth-order valence-electron chi connectivity index (χ4n) is 2.50. The molecule has 8 heteroatoms. The molecule has 0 aliphatic carbocycles. The predicted octanol–water partition coefficient (Wildman–Crippen LogP) is 1.11. The Bertz CT molecular complexity index is 419. The largest absolute Gasteiger partial charge is 0.396 e. The molecular formula is C17H35IN4O3. The van der Waals surface area contributed by atoms with Crippen LogP contribution >= 0.6 is 24.0 Å². The van der Waals surface area contributed by atoms with E-state index in [1.165, 1.54) is 0 Å². The molecular weight excluding hydrogens is 435 g/mol. The van der Waals surface area contributed by atoms with Crippen LogP contribution in [0, 0.1) is 10.8 Å². The van der Waals surface area contributed by atoms with Crippen molar-refractivity contribution in [3.05, 3.63) is 0 Å². The number of hydrogen-bond acceptors (Lipinski definition) is 4. The second-order valence-corrected chi connectivity index (χ2v) is 7.40. The van der Waals surface area contributed by atoms with Crippen LogP contribution in [0.4, 0.5) is 0 Å². The van der Waals surface area contributed by atoms with E-state index < -0.39 is 0 Å². The standard InChI is InChI=1S/C17H34N4O3.HI/c1-5-18-15(20-9-8-19-14(23)16(2,3)4)21-12-17(6-10-22)7-11-24-13-17;/h22H,5-13H2,1-4H3,(H,19,23)(H2,18,20,21);1H. The van der Waals surface area contributed by atoms with Crippen LogP contribution < -0.4 is 16.0 Å². The highest BCUT2D eigenvalue weighted by molar-refractivity contribution is 14.0. The number of guanidine groups is 1. The molecule has 148 valence electrons. The van der Waals surface area contributed by atoms with Crippen molar-refractivity contribution >= 4 is 35.8 Å². The average molecular weight is 470 g/mol. The van der Waals surface area contributed by atoms with Gasteiger partial charge in [0.2, 0.25) is 5.91 Å². The summed E-state index contributed by atoms with van der Waals surface area (Å²) in [5, 5.41) is 18.6. The Labute approximate surface area is 168 Å². The first-order valence-corrected chi connectivity index (χ1v) is 8.82. The molecule has 1 atom stereocenters. The van der Waals surface area contributed by atoms with Gasteiger partial charge >= 0.3 is 0 Å². The molecule has 0 bridgehead atoms. The summed E-state index contributed by atoms with van der Waals surface area (Å²) in [6.07, 6.45) is 1.63. The molecule has 4 N–H and O–H groups in total. The molecule has 0 aromatic carbocycles. The topological polar surface area (TPSA) is 95.0 Å². The minimum Gasteiger partial charge on any atom is -0.396 e. The van der Waals surface area contributed by atoms with Crippen molar-refractivity contribution < 1.29 is 14.6 Å². The van der Waals surface area contributed by atoms with Gasteiger partial charge in [0.25, 0.3) is 0 Å². The second-order valence-electron chi connectivity index (χ2n) is 7.40. The highest BCUT2D eigenvalue weighted by Gasteiger charge is 2.34. The first-order valence-electron chi connectivity index (χ1n) is 8.82. The molecule has 0 spiro atoms. The van der Waals surface area contributed by atoms with Gasteiger partial charge in [-0.3, -0.25) is 9.79 Å². The monoisotopic (exact) mass is 470 g/mol. The van der Waals surface area contributed by atoms with Crippen LogP contribution in [0.2, 0.25) is 0 Å². The van der Waals surface area contributed by atoms with Crippen molar-refractivity contribution in [2.24, 2.45) is 15.8 Å². The number of aliphatic hydroxyl groups is 1. The van der Waals surface area contributed by atoms with Gasteiger partial charge in [0.1, 0.15) is 0 Å². The summed E-state index contributed by atoms with van der Waals surface area (Å²) >= 11 is 0. The van der Waals surface area contributed by atoms with E-state index in [0.717, 1.165) is 25.5 Å². The molecule has 1 amide bonds. The lowest BCUT2D eigenvalue weighted by Crippen LogP contribution is -2.44. The van der Waals surface area contributed by atoms with Crippen LogP contribution in [0.15, 0.2) is 4.99 Å². The maximum absolute atomic E-state index is 11.8. The summed E-state index contributed by atoms with van der Waals surface area (Å²) in [4.78, 5) is 16.5. The third-order valence-electron chi connectivity index (χ3n) is 4.13. The van der Waals surface area contributed by atoms with E-state index >= 15 is 0 Å². The highest BCUT2D eigenvalue weighted by Crippen LogP contribution is 2.32. The number of nitrogens with one attached hydrogen (secondary N) is 3. The van der Waals surface area contributed by atoms with E-state index in [4.69, 9.17) is 4.74 Å². The number of nitrogens with zero attached hydrogens (tertiary/aromatic N) is 1. The summed E-state index contributed by atoms with van der Waals surface area (Å²) < 4.78 is 5.49. The Hall–Kier alpha value is -0.610. The van der Waals surface area contributed by atoms with Gasteiger partial charge < -0.3 is 25.8 Å². The van der Waals surface area contributed by atoms with Crippen LogP contribution in [-0.2, 0) is 9.53 Å². The third-order valence-corrected chi connectivity index (χ3v) is 4.13. The number of ether oxygens (including phenoxy) is 1. The van der Waals surface area contributed by atoms with Crippen molar-refractivity contribution in [3.63, 3.8) is 0 Å². The SMILES string of the molecule is CCNC(=NCC1(CCO)CCOC1)NCCNC(=O)C(C)(C)C.I. The fraction of sp³-hybridized carbons (Fsp3) is 0.882. The van der Waals surface area contributed by atoms with Gasteiger partial charge in [-0.25, -0.2) is 0 Å². The zero-order chi connectivity index (χ0) is 18.1. The number of carbonyl (C=O) groups is 1. The molecule has 7 nitrogen and oxygen atoms in total. The number of aliphatic imine (C=N–C) groups is 1. The second kappa shape index (κ2) is 11.9. The first kappa shape index (κ1) is 24.4. The zero-order valence-electron chi connectivity index (χ0n) is 16.0. The number of hydrogen-bond donors (Lipinski definition) is 4. The Morgan fingerprint density at radius 2 is 1.92 bits per heavy atom. The van der Waals surface area contributed by atoms with E-state index in [1.54, 1.807) is 0 Å². The van der Waals surface area contributed by atoms with Gasteiger partial charge in [-0.2, -0.15) is 0 Å². The van der Waals surface area contributed by atoms with Gasteiger partial charge in [0.15, 0.2) is 5.96 Å². The van der Waals surface area contributed by atoms with Gasteiger partial charge in [-0.15, -0.1) is 24.0 Å². The molecule has 1 unspecified atom stereocenters. The molecule has 0 radical (unpaired) electrons. The molecule has 1 fully saturated rings. The molecule has 0 aromatic heterocycles. The van der Waals surface area contributed by atoms with Gasteiger partial charge in [0, 0.05) is 43.7 Å². The van der Waals surface area contributed by atoms with E-state index in [0.29, 0.717) is 32.7 Å². The van der Waals surface area contributed by atoms with Crippen LogP contribution in [0.5, 0.6) is 0 Å². The maximum Gasteiger partial charge on any atom is 0.225 e. The molecule has 1 aliphatic heterocycles. The molecule has 1 rings (SSSR count). The van der Waals surface area contributed by atoms with Crippen LogP contribution in [0.3, 0.4) is 0 Å². The fourth-order valence-corrected chi connectivity index (χ4v) is 2.50. The number of carbonyl (C=O) groups excluding carboxylic acids is 1. The quantitative estimate of drug-likeness (QED) is 0.185. The van der Waals surface area contributed by atoms with Crippen LogP contribution in [0.25, 0.3) is 0 Å². The average Bonchev–Trinajstić information content (AvgIpc) is 2.97. The van der Waals surface area contributed by atoms with Crippen LogP contribution in [0.1, 0.15) is 40.5 Å². The molecule has 25 heavy (non-hydrogen) atoms. The summed E-state index contributed by atoms with van der Waals surface area (Å²) in [6.45, 7) is 11.8. The molecule has 0 aromatic rings. The van der Waals surface area contributed by atoms with Crippen molar-refractivity contribution in [1.82, 2.24) is 16.0 Å². The normalized spacial score (nSPS) is 20.8. The Morgan fingerprint density at radius 1 is 1.24 bits per heavy atom. The predicted molar refractivity (Wildman–Crippen MR) is 111 cm³/mol. The van der Waals surface area contributed by atoms with E-state index in [-0.39, 0.29) is 47.3 Å². The lowest BCUT2D eigenvalue weighted by molar-refractivity contribution is -0.128. The molecule has 0 saturated carbocycles. The highest BCUT2D eigenvalue weighted by atomic mass is 127. The maximum atomic E-state index is 11.8. The number of rotatable bonds is 8. The van der Waals surface area contributed by atoms with Crippen molar-refractivity contribution in [1.29, 1.82) is 0 Å². The lowest BCUT2D eigenvalue weighted by Gasteiger charge is -2.25. The lowest BCUT2D eigenvalue weighted by atomic mass is 9.84. The smallest absolute Gasteiger partial charge is 0.225 e. The molecule has 1 saturated heterocycles. The van der Waals surface area contributed by atoms with Gasteiger partial charge in [0.05, 0.1) is 13.2 Å². The van der Waals surface area contributed by atoms with Gasteiger partial charge in [-0.05, 0) is 19.8 Å². The van der Waals surface area contributed by atoms with E-state index in [2.05, 4.69) is 20.9 Å². The minimum absolute atomic E-state index is 0. The Balaban J connectivity index is 0.00000576. The summed E-state index contributed by atoms with van der Waals surface area (Å²) in [6, 6.07) is 0. The van der Waals surface area contributed by atoms with Crippen molar-refractivity contribution in [2.75, 3.05) is 46.0 Å². The van der Waals surface area contributed by atoms with Crippen molar-refractivity contribution in [3.8, 4) is 0 Å². The summed E-state index contributed by atoms with van der Waals surface area (Å²) in [5.41, 5.74) is -0.435. The minimum atomic E-state index is -0.377. The van der Waals surface area contributed by atoms with Crippen molar-refractivity contribution in [2.45, 2.75) is 40.5 Å². The summed E-state index contributed by atoms with van der Waals surface area (Å²) in [7, 11) is 0. The zero-order valence-corrected chi connectivity index (χ0v) is 18.3. The van der Waals surface area contributed by atoms with E-state index in [9.17, 15) is 9.90 Å². The molecule has 1 heterocycles. The number of amides is 1. The third kappa shape index (κ3) is 9.05. The first-order chi connectivity index (χ1) is 11.3. The Kier molecular flexibility index (Phi) is 11.6. The number of halogens is 1. The van der Waals surface area contributed by atoms with Crippen LogP contribution in [-0.4, -0.2) is 63.0 Å². The van der Waals surface area contributed by atoms with Gasteiger partial charge in [-0.1, -0.05) is 20.8 Å². The summed E-state index contributed by atoms with van der Waals surface area (Å²) in [5.74, 6) is 0.767. The number of aliphatic hydroxyl groups excluding tert-OH is 1.